The Morgan fingerprint density at radius 3 is 2.96 bits per heavy atom. The fraction of sp³-hybridized carbons (Fsp3) is 0.400. The van der Waals surface area contributed by atoms with Crippen molar-refractivity contribution in [3.63, 3.8) is 0 Å². The van der Waals surface area contributed by atoms with Crippen LogP contribution in [0.15, 0.2) is 17.5 Å². The second kappa shape index (κ2) is 6.86. The van der Waals surface area contributed by atoms with Crippen LogP contribution in [0.4, 0.5) is 4.39 Å². The molecule has 0 saturated carbocycles. The number of hydrogen-bond acceptors (Lipinski definition) is 6. The summed E-state index contributed by atoms with van der Waals surface area (Å²) in [4.78, 5) is 4.51. The molecule has 1 aliphatic heterocycles. The number of aromatic nitrogens is 1. The van der Waals surface area contributed by atoms with E-state index in [9.17, 15) is 9.41 Å². The molecule has 2 heterocycles. The lowest BCUT2D eigenvalue weighted by Gasteiger charge is -2.11. The van der Waals surface area contributed by atoms with E-state index in [4.69, 9.17) is 14.1 Å². The number of rotatable bonds is 5. The van der Waals surface area contributed by atoms with E-state index in [2.05, 4.69) is 4.98 Å². The van der Waals surface area contributed by atoms with E-state index >= 15 is 0 Å². The molecule has 0 amide bonds. The van der Waals surface area contributed by atoms with Crippen LogP contribution in [0.1, 0.15) is 18.5 Å². The van der Waals surface area contributed by atoms with Gasteiger partial charge in [-0.2, -0.15) is 0 Å². The average Bonchev–Trinajstić information content (AvgIpc) is 3.17. The minimum absolute atomic E-state index is 0.0441. The van der Waals surface area contributed by atoms with Crippen molar-refractivity contribution < 1.29 is 23.5 Å². The molecule has 23 heavy (non-hydrogen) atoms. The van der Waals surface area contributed by atoms with Gasteiger partial charge in [0, 0.05) is 24.0 Å². The molecule has 2 aromatic rings. The van der Waals surface area contributed by atoms with Crippen molar-refractivity contribution in [2.24, 2.45) is 0 Å². The first kappa shape index (κ1) is 16.2. The summed E-state index contributed by atoms with van der Waals surface area (Å²) >= 11 is 1.36. The second-order valence-corrected chi connectivity index (χ2v) is 6.07. The van der Waals surface area contributed by atoms with Gasteiger partial charge in [-0.15, -0.1) is 11.3 Å². The van der Waals surface area contributed by atoms with E-state index in [-0.39, 0.29) is 5.92 Å². The van der Waals surface area contributed by atoms with Crippen LogP contribution in [0, 0.1) is 5.82 Å². The fourth-order valence-electron chi connectivity index (χ4n) is 2.54. The molecule has 3 rings (SSSR count). The van der Waals surface area contributed by atoms with Gasteiger partial charge >= 0.3 is 7.12 Å². The summed E-state index contributed by atoms with van der Waals surface area (Å²) in [6.07, 6.45) is 0.512. The van der Waals surface area contributed by atoms with Crippen LogP contribution in [0.3, 0.4) is 0 Å². The maximum atomic E-state index is 14.4. The summed E-state index contributed by atoms with van der Waals surface area (Å²) in [5.41, 5.74) is 1.19. The van der Waals surface area contributed by atoms with E-state index in [1.165, 1.54) is 24.5 Å². The summed E-state index contributed by atoms with van der Waals surface area (Å²) in [5, 5.41) is 11.9. The molecule has 1 aromatic heterocycles. The normalized spacial score (nSPS) is 17.6. The second-order valence-electron chi connectivity index (χ2n) is 5.21. The zero-order valence-electron chi connectivity index (χ0n) is 12.9. The molecule has 1 N–H and O–H groups in total. The summed E-state index contributed by atoms with van der Waals surface area (Å²) in [6, 6.07) is 2.92. The Hall–Kier alpha value is -1.64. The largest absolute Gasteiger partial charge is 0.493 e. The van der Waals surface area contributed by atoms with Crippen LogP contribution < -0.4 is 9.47 Å². The highest BCUT2D eigenvalue weighted by atomic mass is 32.1. The van der Waals surface area contributed by atoms with Crippen LogP contribution in [-0.2, 0) is 4.65 Å². The summed E-state index contributed by atoms with van der Waals surface area (Å²) in [7, 11) is 0.733. The van der Waals surface area contributed by atoms with Crippen molar-refractivity contribution in [1.29, 1.82) is 0 Å². The molecule has 1 atom stereocenters. The zero-order chi connectivity index (χ0) is 16.4. The van der Waals surface area contributed by atoms with Gasteiger partial charge < -0.3 is 19.2 Å². The van der Waals surface area contributed by atoms with Crippen molar-refractivity contribution in [2.45, 2.75) is 19.2 Å². The van der Waals surface area contributed by atoms with Gasteiger partial charge in [-0.05, 0) is 19.3 Å². The van der Waals surface area contributed by atoms with Crippen molar-refractivity contribution in [1.82, 2.24) is 4.98 Å². The monoisotopic (exact) mass is 337 g/mol. The molecule has 0 unspecified atom stereocenters. The van der Waals surface area contributed by atoms with E-state index in [1.54, 1.807) is 6.07 Å². The minimum atomic E-state index is -0.743. The lowest BCUT2D eigenvalue weighted by Crippen LogP contribution is -2.07. The smallest absolute Gasteiger partial charge is 0.454 e. The SMILES string of the molecule is CCOc1cc(-c2nc([C@H]3COB(O)C3)cs2)c(F)cc1OC. The Bertz CT molecular complexity index is 696. The zero-order valence-corrected chi connectivity index (χ0v) is 13.7. The van der Waals surface area contributed by atoms with Crippen molar-refractivity contribution in [2.75, 3.05) is 20.3 Å². The lowest BCUT2D eigenvalue weighted by molar-refractivity contribution is 0.291. The van der Waals surface area contributed by atoms with Gasteiger partial charge in [0.25, 0.3) is 0 Å². The Labute approximate surface area is 138 Å². The molecule has 1 saturated heterocycles. The molecular formula is C15H17BFNO4S. The highest BCUT2D eigenvalue weighted by molar-refractivity contribution is 7.13. The van der Waals surface area contributed by atoms with Crippen molar-refractivity contribution in [3.8, 4) is 22.1 Å². The molecular weight excluding hydrogens is 320 g/mol. The van der Waals surface area contributed by atoms with Crippen LogP contribution in [0.2, 0.25) is 6.32 Å². The number of halogens is 1. The predicted molar refractivity (Wildman–Crippen MR) is 86.7 cm³/mol. The molecule has 5 nitrogen and oxygen atoms in total. The van der Waals surface area contributed by atoms with Gasteiger partial charge in [0.15, 0.2) is 11.5 Å². The van der Waals surface area contributed by atoms with E-state index in [1.807, 2.05) is 12.3 Å². The minimum Gasteiger partial charge on any atom is -0.493 e. The quantitative estimate of drug-likeness (QED) is 0.850. The molecule has 1 fully saturated rings. The van der Waals surface area contributed by atoms with E-state index < -0.39 is 12.9 Å². The first-order valence-corrected chi connectivity index (χ1v) is 8.26. The number of methoxy groups -OCH3 is 1. The standard InChI is InChI=1S/C15H17BFNO4S/c1-3-21-14-4-10(11(17)5-13(14)20-2)15-18-12(8-23-15)9-6-16(19)22-7-9/h4-5,8-9,19H,3,6-7H2,1-2H3/t9-/m1/s1. The number of ether oxygens (including phenoxy) is 2. The van der Waals surface area contributed by atoms with Gasteiger partial charge in [-0.1, -0.05) is 0 Å². The Balaban J connectivity index is 1.92. The molecule has 1 aromatic carbocycles. The van der Waals surface area contributed by atoms with Gasteiger partial charge in [0.1, 0.15) is 10.8 Å². The average molecular weight is 337 g/mol. The number of benzene rings is 1. The van der Waals surface area contributed by atoms with Gasteiger partial charge in [0.05, 0.1) is 25.0 Å². The third-order valence-corrected chi connectivity index (χ3v) is 4.59. The Morgan fingerprint density at radius 2 is 2.30 bits per heavy atom. The lowest BCUT2D eigenvalue weighted by atomic mass is 9.81. The summed E-state index contributed by atoms with van der Waals surface area (Å²) in [6.45, 7) is 2.75. The topological polar surface area (TPSA) is 60.8 Å². The summed E-state index contributed by atoms with van der Waals surface area (Å²) in [5.74, 6) is 0.483. The summed E-state index contributed by atoms with van der Waals surface area (Å²) < 4.78 is 30.1. The van der Waals surface area contributed by atoms with E-state index in [0.29, 0.717) is 41.6 Å². The maximum Gasteiger partial charge on any atom is 0.454 e. The van der Waals surface area contributed by atoms with Crippen LogP contribution in [-0.4, -0.2) is 37.4 Å². The van der Waals surface area contributed by atoms with Crippen LogP contribution in [0.5, 0.6) is 11.5 Å². The van der Waals surface area contributed by atoms with Crippen LogP contribution >= 0.6 is 11.3 Å². The highest BCUT2D eigenvalue weighted by Crippen LogP contribution is 2.38. The molecule has 0 radical (unpaired) electrons. The number of nitrogens with zero attached hydrogens (tertiary/aromatic N) is 1. The molecule has 0 spiro atoms. The molecule has 8 heteroatoms. The van der Waals surface area contributed by atoms with Crippen molar-refractivity contribution >= 4 is 18.5 Å². The van der Waals surface area contributed by atoms with Gasteiger partial charge in [-0.3, -0.25) is 0 Å². The third-order valence-electron chi connectivity index (χ3n) is 3.70. The first-order valence-electron chi connectivity index (χ1n) is 7.38. The fourth-order valence-corrected chi connectivity index (χ4v) is 3.46. The first-order chi connectivity index (χ1) is 11.1. The van der Waals surface area contributed by atoms with Crippen LogP contribution in [0.25, 0.3) is 10.6 Å². The predicted octanol–water partition coefficient (Wildman–Crippen LogP) is 2.95. The molecule has 0 bridgehead atoms. The molecule has 0 aliphatic carbocycles. The Morgan fingerprint density at radius 1 is 1.48 bits per heavy atom. The van der Waals surface area contributed by atoms with E-state index in [0.717, 1.165) is 5.69 Å². The molecule has 122 valence electrons. The Kier molecular flexibility index (Phi) is 4.84. The van der Waals surface area contributed by atoms with Gasteiger partial charge in [-0.25, -0.2) is 9.37 Å². The van der Waals surface area contributed by atoms with Crippen molar-refractivity contribution in [3.05, 3.63) is 29.0 Å². The number of hydrogen-bond donors (Lipinski definition) is 1. The highest BCUT2D eigenvalue weighted by Gasteiger charge is 2.31. The number of thiazole rings is 1. The molecule has 1 aliphatic rings. The maximum absolute atomic E-state index is 14.4. The van der Waals surface area contributed by atoms with Gasteiger partial charge in [0.2, 0.25) is 0 Å². The third kappa shape index (κ3) is 3.34.